The molecule has 0 aliphatic heterocycles. The number of aryl methyl sites for hydroxylation is 3. The number of rotatable bonds is 2. The third-order valence-corrected chi connectivity index (χ3v) is 4.77. The molecular formula is C13H12BrN3OS. The van der Waals surface area contributed by atoms with Crippen molar-refractivity contribution in [2.75, 3.05) is 5.32 Å². The Labute approximate surface area is 123 Å². The second kappa shape index (κ2) is 5.02. The fraction of sp³-hybridized carbons (Fsp3) is 0.308. The van der Waals surface area contributed by atoms with Crippen molar-refractivity contribution in [3.05, 3.63) is 38.3 Å². The lowest BCUT2D eigenvalue weighted by molar-refractivity contribution is 0.102. The van der Waals surface area contributed by atoms with Crippen molar-refractivity contribution >= 4 is 39.1 Å². The summed E-state index contributed by atoms with van der Waals surface area (Å²) < 4.78 is 4.71. The van der Waals surface area contributed by atoms with Crippen molar-refractivity contribution in [3.8, 4) is 0 Å². The van der Waals surface area contributed by atoms with Crippen LogP contribution < -0.4 is 5.32 Å². The summed E-state index contributed by atoms with van der Waals surface area (Å²) in [7, 11) is 0. The van der Waals surface area contributed by atoms with Crippen molar-refractivity contribution < 1.29 is 4.79 Å². The summed E-state index contributed by atoms with van der Waals surface area (Å²) >= 11 is 4.64. The highest BCUT2D eigenvalue weighted by Crippen LogP contribution is 2.32. The molecule has 0 saturated carbocycles. The first-order valence-electron chi connectivity index (χ1n) is 6.07. The molecule has 0 saturated heterocycles. The predicted molar refractivity (Wildman–Crippen MR) is 78.8 cm³/mol. The quantitative estimate of drug-likeness (QED) is 0.914. The summed E-state index contributed by atoms with van der Waals surface area (Å²) in [5, 5.41) is 6.78. The number of hydrogen-bond acceptors (Lipinski definition) is 4. The Morgan fingerprint density at radius 2 is 2.11 bits per heavy atom. The molecule has 0 fully saturated rings. The van der Waals surface area contributed by atoms with Crippen LogP contribution in [0.4, 0.5) is 5.69 Å². The lowest BCUT2D eigenvalue weighted by atomic mass is 10.1. The van der Waals surface area contributed by atoms with Crippen LogP contribution in [0.1, 0.15) is 32.9 Å². The lowest BCUT2D eigenvalue weighted by Gasteiger charge is -2.09. The maximum atomic E-state index is 12.1. The van der Waals surface area contributed by atoms with Gasteiger partial charge in [-0.1, -0.05) is 4.49 Å². The molecule has 4 nitrogen and oxygen atoms in total. The Kier molecular flexibility index (Phi) is 3.36. The largest absolute Gasteiger partial charge is 0.320 e. The van der Waals surface area contributed by atoms with E-state index in [1.165, 1.54) is 17.5 Å². The number of aromatic nitrogens is 2. The first kappa shape index (κ1) is 12.7. The molecule has 0 spiro atoms. The zero-order valence-corrected chi connectivity index (χ0v) is 12.8. The van der Waals surface area contributed by atoms with E-state index in [0.29, 0.717) is 10.6 Å². The average molecular weight is 338 g/mol. The average Bonchev–Trinajstić information content (AvgIpc) is 2.98. The summed E-state index contributed by atoms with van der Waals surface area (Å²) in [4.78, 5) is 12.7. The summed E-state index contributed by atoms with van der Waals surface area (Å²) in [6, 6.07) is 4.17. The van der Waals surface area contributed by atoms with E-state index in [4.69, 9.17) is 0 Å². The van der Waals surface area contributed by atoms with Gasteiger partial charge in [0.15, 0.2) is 0 Å². The molecular weight excluding hydrogens is 326 g/mol. The minimum atomic E-state index is -0.147. The van der Waals surface area contributed by atoms with Crippen LogP contribution in [0.3, 0.4) is 0 Å². The van der Waals surface area contributed by atoms with Crippen LogP contribution in [0.25, 0.3) is 0 Å². The van der Waals surface area contributed by atoms with Gasteiger partial charge in [-0.25, -0.2) is 0 Å². The van der Waals surface area contributed by atoms with Gasteiger partial charge in [-0.15, -0.1) is 5.10 Å². The summed E-state index contributed by atoms with van der Waals surface area (Å²) in [5.74, 6) is -0.147. The molecule has 0 unspecified atom stereocenters. The maximum Gasteiger partial charge on any atom is 0.269 e. The number of nitrogens with zero attached hydrogens (tertiary/aromatic N) is 2. The van der Waals surface area contributed by atoms with Gasteiger partial charge in [-0.3, -0.25) is 4.79 Å². The summed E-state index contributed by atoms with van der Waals surface area (Å²) in [6.45, 7) is 1.79. The molecule has 3 rings (SSSR count). The number of carbonyl (C=O) groups is 1. The van der Waals surface area contributed by atoms with Crippen LogP contribution >= 0.6 is 27.5 Å². The molecule has 1 aromatic carbocycles. The van der Waals surface area contributed by atoms with E-state index in [-0.39, 0.29) is 5.91 Å². The summed E-state index contributed by atoms with van der Waals surface area (Å²) in [6.07, 6.45) is 3.41. The van der Waals surface area contributed by atoms with E-state index in [2.05, 4.69) is 43.0 Å². The third kappa shape index (κ3) is 2.42. The van der Waals surface area contributed by atoms with Crippen molar-refractivity contribution in [2.45, 2.75) is 26.2 Å². The van der Waals surface area contributed by atoms with Crippen LogP contribution in [-0.2, 0) is 12.8 Å². The highest BCUT2D eigenvalue weighted by atomic mass is 79.9. The molecule has 1 amide bonds. The number of halogens is 1. The molecule has 0 bridgehead atoms. The van der Waals surface area contributed by atoms with Gasteiger partial charge in [0.1, 0.15) is 4.88 Å². The molecule has 1 aliphatic carbocycles. The van der Waals surface area contributed by atoms with Crippen LogP contribution in [0, 0.1) is 6.92 Å². The predicted octanol–water partition coefficient (Wildman–Crippen LogP) is 3.35. The number of nitrogens with one attached hydrogen (secondary N) is 1. The SMILES string of the molecule is Cc1nnsc1C(=O)Nc1cc2c(cc1Br)CCC2. The molecule has 98 valence electrons. The van der Waals surface area contributed by atoms with Crippen molar-refractivity contribution in [2.24, 2.45) is 0 Å². The Balaban J connectivity index is 1.88. The van der Waals surface area contributed by atoms with Gasteiger partial charge in [0.2, 0.25) is 0 Å². The monoisotopic (exact) mass is 337 g/mol. The zero-order valence-electron chi connectivity index (χ0n) is 10.4. The highest BCUT2D eigenvalue weighted by molar-refractivity contribution is 9.10. The van der Waals surface area contributed by atoms with Gasteiger partial charge in [0, 0.05) is 4.47 Å². The fourth-order valence-electron chi connectivity index (χ4n) is 2.31. The van der Waals surface area contributed by atoms with Crippen LogP contribution in [-0.4, -0.2) is 15.5 Å². The molecule has 2 aromatic rings. The van der Waals surface area contributed by atoms with Crippen LogP contribution in [0.5, 0.6) is 0 Å². The molecule has 19 heavy (non-hydrogen) atoms. The van der Waals surface area contributed by atoms with Gasteiger partial charge in [-0.2, -0.15) is 0 Å². The Morgan fingerprint density at radius 1 is 1.37 bits per heavy atom. The van der Waals surface area contributed by atoms with Gasteiger partial charge in [-0.05, 0) is 76.9 Å². The number of hydrogen-bond donors (Lipinski definition) is 1. The van der Waals surface area contributed by atoms with E-state index in [0.717, 1.165) is 34.5 Å². The molecule has 1 N–H and O–H groups in total. The Morgan fingerprint density at radius 3 is 2.79 bits per heavy atom. The van der Waals surface area contributed by atoms with Gasteiger partial charge >= 0.3 is 0 Å². The van der Waals surface area contributed by atoms with E-state index in [1.54, 1.807) is 6.92 Å². The van der Waals surface area contributed by atoms with Crippen molar-refractivity contribution in [1.82, 2.24) is 9.59 Å². The normalized spacial score (nSPS) is 13.4. The maximum absolute atomic E-state index is 12.1. The smallest absolute Gasteiger partial charge is 0.269 e. The minimum absolute atomic E-state index is 0.147. The third-order valence-electron chi connectivity index (χ3n) is 3.29. The van der Waals surface area contributed by atoms with E-state index in [9.17, 15) is 4.79 Å². The van der Waals surface area contributed by atoms with Gasteiger partial charge in [0.25, 0.3) is 5.91 Å². The summed E-state index contributed by atoms with van der Waals surface area (Å²) in [5.41, 5.74) is 4.19. The van der Waals surface area contributed by atoms with E-state index < -0.39 is 0 Å². The zero-order chi connectivity index (χ0) is 13.4. The Hall–Kier alpha value is -1.27. The first-order valence-corrected chi connectivity index (χ1v) is 7.63. The number of anilines is 1. The second-order valence-electron chi connectivity index (χ2n) is 4.60. The standard InChI is InChI=1S/C13H12BrN3OS/c1-7-12(19-17-16-7)13(18)15-11-6-9-4-2-3-8(9)5-10(11)14/h5-6H,2-4H2,1H3,(H,15,18). The van der Waals surface area contributed by atoms with Crippen LogP contribution in [0.15, 0.2) is 16.6 Å². The molecule has 6 heteroatoms. The minimum Gasteiger partial charge on any atom is -0.320 e. The molecule has 1 aliphatic rings. The van der Waals surface area contributed by atoms with E-state index >= 15 is 0 Å². The van der Waals surface area contributed by atoms with Crippen LogP contribution in [0.2, 0.25) is 0 Å². The number of benzene rings is 1. The molecule has 0 atom stereocenters. The number of carbonyl (C=O) groups excluding carboxylic acids is 1. The van der Waals surface area contributed by atoms with Gasteiger partial charge in [0.05, 0.1) is 11.4 Å². The second-order valence-corrected chi connectivity index (χ2v) is 6.20. The van der Waals surface area contributed by atoms with Gasteiger partial charge < -0.3 is 5.32 Å². The van der Waals surface area contributed by atoms with E-state index in [1.807, 2.05) is 0 Å². The molecule has 1 heterocycles. The fourth-order valence-corrected chi connectivity index (χ4v) is 3.35. The topological polar surface area (TPSA) is 54.9 Å². The molecule has 0 radical (unpaired) electrons. The highest BCUT2D eigenvalue weighted by Gasteiger charge is 2.17. The van der Waals surface area contributed by atoms with Crippen molar-refractivity contribution in [1.29, 1.82) is 0 Å². The first-order chi connectivity index (χ1) is 9.15. The lowest BCUT2D eigenvalue weighted by Crippen LogP contribution is -2.12. The number of fused-ring (bicyclic) bond motifs is 1. The molecule has 1 aromatic heterocycles. The Bertz CT molecular complexity index is 653. The van der Waals surface area contributed by atoms with Crippen molar-refractivity contribution in [3.63, 3.8) is 0 Å². The number of amides is 1.